The first-order valence-electron chi connectivity index (χ1n) is 4.52. The normalized spacial score (nSPS) is 9.40. The fourth-order valence-corrected chi connectivity index (χ4v) is 1.38. The molecular formula is C13H15NO. The molecule has 0 saturated heterocycles. The van der Waals surface area contributed by atoms with Crippen LogP contribution < -0.4 is 5.56 Å². The summed E-state index contributed by atoms with van der Waals surface area (Å²) < 4.78 is 1.65. The Morgan fingerprint density at radius 3 is 2.33 bits per heavy atom. The Balaban J connectivity index is 0.00000112. The Labute approximate surface area is 89.8 Å². The summed E-state index contributed by atoms with van der Waals surface area (Å²) >= 11 is 0. The van der Waals surface area contributed by atoms with Crippen LogP contribution in [0.1, 0.15) is 13.0 Å². The van der Waals surface area contributed by atoms with Crippen LogP contribution in [0.15, 0.2) is 53.5 Å². The van der Waals surface area contributed by atoms with Gasteiger partial charge < -0.3 is 0 Å². The van der Waals surface area contributed by atoms with Crippen LogP contribution in [0.2, 0.25) is 0 Å². The second-order valence-electron chi connectivity index (χ2n) is 3.25. The maximum absolute atomic E-state index is 11.5. The highest BCUT2D eigenvalue weighted by Crippen LogP contribution is 2.04. The summed E-state index contributed by atoms with van der Waals surface area (Å²) in [5, 5.41) is 0. The van der Waals surface area contributed by atoms with E-state index in [4.69, 9.17) is 0 Å². The van der Waals surface area contributed by atoms with Crippen molar-refractivity contribution in [3.8, 4) is 5.69 Å². The third kappa shape index (κ3) is 2.34. The van der Waals surface area contributed by atoms with Crippen molar-refractivity contribution in [2.75, 3.05) is 0 Å². The zero-order valence-electron chi connectivity index (χ0n) is 7.97. The number of aryl methyl sites for hydroxylation is 1. The summed E-state index contributed by atoms with van der Waals surface area (Å²) in [5.41, 5.74) is 1.98. The van der Waals surface area contributed by atoms with E-state index in [-0.39, 0.29) is 13.0 Å². The van der Waals surface area contributed by atoms with Crippen molar-refractivity contribution in [1.29, 1.82) is 0 Å². The molecule has 0 amide bonds. The summed E-state index contributed by atoms with van der Waals surface area (Å²) in [4.78, 5) is 11.5. The zero-order chi connectivity index (χ0) is 9.97. The Morgan fingerprint density at radius 2 is 1.67 bits per heavy atom. The fourth-order valence-electron chi connectivity index (χ4n) is 1.38. The van der Waals surface area contributed by atoms with Gasteiger partial charge in [-0.3, -0.25) is 9.36 Å². The van der Waals surface area contributed by atoms with Crippen molar-refractivity contribution in [2.45, 2.75) is 14.4 Å². The Morgan fingerprint density at radius 1 is 1.00 bits per heavy atom. The first-order valence-corrected chi connectivity index (χ1v) is 4.52. The molecule has 1 aromatic carbocycles. The smallest absolute Gasteiger partial charge is 0.255 e. The molecule has 0 aliphatic heterocycles. The van der Waals surface area contributed by atoms with Gasteiger partial charge in [-0.1, -0.05) is 31.7 Å². The average molecular weight is 201 g/mol. The molecule has 0 atom stereocenters. The number of rotatable bonds is 1. The number of benzene rings is 1. The number of nitrogens with zero attached hydrogens (tertiary/aromatic N) is 1. The molecule has 1 heterocycles. The van der Waals surface area contributed by atoms with E-state index in [1.165, 1.54) is 0 Å². The minimum Gasteiger partial charge on any atom is -0.284 e. The molecule has 2 heteroatoms. The molecule has 78 valence electrons. The molecule has 0 saturated carbocycles. The van der Waals surface area contributed by atoms with E-state index in [2.05, 4.69) is 0 Å². The second-order valence-corrected chi connectivity index (χ2v) is 3.25. The standard InChI is InChI=1S/C12H11NO.CH4/c1-10-7-8-12(14)13(9-10)11-5-3-2-4-6-11;/h2-9H,1H3;1H4. The first-order chi connectivity index (χ1) is 6.77. The van der Waals surface area contributed by atoms with Crippen LogP contribution in [0.3, 0.4) is 0 Å². The lowest BCUT2D eigenvalue weighted by Crippen LogP contribution is -2.16. The molecule has 0 spiro atoms. The maximum Gasteiger partial charge on any atom is 0.255 e. The third-order valence-corrected chi connectivity index (χ3v) is 2.09. The Bertz CT molecular complexity index is 485. The number of aromatic nitrogens is 1. The van der Waals surface area contributed by atoms with Crippen LogP contribution in [0, 0.1) is 6.92 Å². The van der Waals surface area contributed by atoms with Gasteiger partial charge in [0.15, 0.2) is 0 Å². The van der Waals surface area contributed by atoms with Gasteiger partial charge in [0.05, 0.1) is 0 Å². The highest BCUT2D eigenvalue weighted by atomic mass is 16.1. The van der Waals surface area contributed by atoms with Crippen LogP contribution >= 0.6 is 0 Å². The van der Waals surface area contributed by atoms with Gasteiger partial charge in [0.25, 0.3) is 5.56 Å². The Kier molecular flexibility index (Phi) is 3.45. The second kappa shape index (κ2) is 4.60. The van der Waals surface area contributed by atoms with Crippen molar-refractivity contribution >= 4 is 0 Å². The van der Waals surface area contributed by atoms with Gasteiger partial charge in [-0.05, 0) is 24.6 Å². The molecule has 2 aromatic rings. The molecule has 15 heavy (non-hydrogen) atoms. The minimum absolute atomic E-state index is 0. The van der Waals surface area contributed by atoms with Crippen LogP contribution in [0.4, 0.5) is 0 Å². The van der Waals surface area contributed by atoms with E-state index in [1.54, 1.807) is 10.6 Å². The molecule has 2 nitrogen and oxygen atoms in total. The summed E-state index contributed by atoms with van der Waals surface area (Å²) in [6.45, 7) is 1.97. The summed E-state index contributed by atoms with van der Waals surface area (Å²) in [6, 6.07) is 13.0. The van der Waals surface area contributed by atoms with E-state index in [0.29, 0.717) is 0 Å². The SMILES string of the molecule is C.Cc1ccc(=O)n(-c2ccccc2)c1. The quantitative estimate of drug-likeness (QED) is 0.695. The number of pyridine rings is 1. The first kappa shape index (κ1) is 11.2. The molecule has 0 radical (unpaired) electrons. The zero-order valence-corrected chi connectivity index (χ0v) is 7.97. The van der Waals surface area contributed by atoms with E-state index in [9.17, 15) is 4.79 Å². The number of hydrogen-bond acceptors (Lipinski definition) is 1. The maximum atomic E-state index is 11.5. The molecule has 2 rings (SSSR count). The number of hydrogen-bond donors (Lipinski definition) is 0. The minimum atomic E-state index is 0. The van der Waals surface area contributed by atoms with Crippen LogP contribution in [0.5, 0.6) is 0 Å². The van der Waals surface area contributed by atoms with Crippen molar-refractivity contribution in [3.05, 3.63) is 64.6 Å². The molecule has 0 N–H and O–H groups in total. The predicted octanol–water partition coefficient (Wildman–Crippen LogP) is 2.78. The van der Waals surface area contributed by atoms with Crippen LogP contribution in [-0.4, -0.2) is 4.57 Å². The van der Waals surface area contributed by atoms with Gasteiger partial charge in [0, 0.05) is 18.0 Å². The van der Waals surface area contributed by atoms with E-state index in [0.717, 1.165) is 11.3 Å². The predicted molar refractivity (Wildman–Crippen MR) is 63.5 cm³/mol. The molecule has 0 bridgehead atoms. The lowest BCUT2D eigenvalue weighted by atomic mass is 10.3. The van der Waals surface area contributed by atoms with Crippen LogP contribution in [0.25, 0.3) is 5.69 Å². The van der Waals surface area contributed by atoms with Crippen molar-refractivity contribution < 1.29 is 0 Å². The largest absolute Gasteiger partial charge is 0.284 e. The van der Waals surface area contributed by atoms with E-state index in [1.807, 2.05) is 49.5 Å². The van der Waals surface area contributed by atoms with Gasteiger partial charge in [-0.25, -0.2) is 0 Å². The van der Waals surface area contributed by atoms with Crippen LogP contribution in [-0.2, 0) is 0 Å². The molecular weight excluding hydrogens is 186 g/mol. The molecule has 0 aliphatic carbocycles. The topological polar surface area (TPSA) is 22.0 Å². The molecule has 0 aliphatic rings. The van der Waals surface area contributed by atoms with Gasteiger partial charge in [-0.15, -0.1) is 0 Å². The van der Waals surface area contributed by atoms with Crippen molar-refractivity contribution in [3.63, 3.8) is 0 Å². The molecule has 0 fully saturated rings. The highest BCUT2D eigenvalue weighted by Gasteiger charge is 1.97. The summed E-state index contributed by atoms with van der Waals surface area (Å²) in [5.74, 6) is 0. The lowest BCUT2D eigenvalue weighted by molar-refractivity contribution is 0.976. The third-order valence-electron chi connectivity index (χ3n) is 2.09. The van der Waals surface area contributed by atoms with Gasteiger partial charge in [0.2, 0.25) is 0 Å². The van der Waals surface area contributed by atoms with Gasteiger partial charge in [-0.2, -0.15) is 0 Å². The average Bonchev–Trinajstić information content (AvgIpc) is 2.23. The summed E-state index contributed by atoms with van der Waals surface area (Å²) in [7, 11) is 0. The van der Waals surface area contributed by atoms with E-state index >= 15 is 0 Å². The van der Waals surface area contributed by atoms with Gasteiger partial charge >= 0.3 is 0 Å². The highest BCUT2D eigenvalue weighted by molar-refractivity contribution is 5.32. The molecule has 0 unspecified atom stereocenters. The van der Waals surface area contributed by atoms with E-state index < -0.39 is 0 Å². The van der Waals surface area contributed by atoms with Crippen molar-refractivity contribution in [2.24, 2.45) is 0 Å². The fraction of sp³-hybridized carbons (Fsp3) is 0.154. The van der Waals surface area contributed by atoms with Gasteiger partial charge in [0.1, 0.15) is 0 Å². The number of para-hydroxylation sites is 1. The summed E-state index contributed by atoms with van der Waals surface area (Å²) in [6.07, 6.45) is 1.84. The lowest BCUT2D eigenvalue weighted by Gasteiger charge is -2.05. The van der Waals surface area contributed by atoms with Crippen molar-refractivity contribution in [1.82, 2.24) is 4.57 Å². The Hall–Kier alpha value is -1.83. The molecule has 1 aromatic heterocycles. The monoisotopic (exact) mass is 201 g/mol.